The van der Waals surface area contributed by atoms with Crippen LogP contribution >= 0.6 is 28.1 Å². The summed E-state index contributed by atoms with van der Waals surface area (Å²) in [6.45, 7) is 3.83. The lowest BCUT2D eigenvalue weighted by Gasteiger charge is -2.17. The summed E-state index contributed by atoms with van der Waals surface area (Å²) < 4.78 is 39.7. The Morgan fingerprint density at radius 3 is 2.25 bits per heavy atom. The van der Waals surface area contributed by atoms with Crippen molar-refractivity contribution >= 4 is 44.6 Å². The number of hydrogen-bond acceptors (Lipinski definition) is 2. The van der Waals surface area contributed by atoms with Crippen LogP contribution in [0.2, 0.25) is 0 Å². The van der Waals surface area contributed by atoms with Gasteiger partial charge in [0.2, 0.25) is 0 Å². The molecule has 0 spiro atoms. The molecule has 0 radical (unpaired) electrons. The summed E-state index contributed by atoms with van der Waals surface area (Å²) in [7, 11) is 0. The second kappa shape index (κ2) is 7.67. The van der Waals surface area contributed by atoms with E-state index in [9.17, 15) is 13.2 Å². The molecule has 2 rings (SSSR count). The van der Waals surface area contributed by atoms with Crippen LogP contribution in [-0.2, 0) is 6.18 Å². The van der Waals surface area contributed by atoms with Gasteiger partial charge in [-0.25, -0.2) is 0 Å². The molecule has 24 heavy (non-hydrogen) atoms. The van der Waals surface area contributed by atoms with E-state index in [0.717, 1.165) is 16.1 Å². The fraction of sp³-hybridized carbons (Fsp3) is 0.0625. The first-order chi connectivity index (χ1) is 11.3. The number of para-hydroxylation sites is 1. The van der Waals surface area contributed by atoms with Gasteiger partial charge in [0.1, 0.15) is 0 Å². The Labute approximate surface area is 151 Å². The largest absolute Gasteiger partial charge is 0.418 e. The summed E-state index contributed by atoms with van der Waals surface area (Å²) >= 11 is 8.34. The van der Waals surface area contributed by atoms with Crippen LogP contribution in [0.15, 0.2) is 59.6 Å². The number of thiocarbonyl (C=S) groups is 1. The normalized spacial score (nSPS) is 10.8. The van der Waals surface area contributed by atoms with E-state index >= 15 is 0 Å². The highest BCUT2D eigenvalue weighted by Gasteiger charge is 2.33. The number of rotatable bonds is 4. The number of halogens is 4. The molecule has 2 aromatic carbocycles. The maximum atomic E-state index is 12.9. The third kappa shape index (κ3) is 4.97. The van der Waals surface area contributed by atoms with Gasteiger partial charge in [-0.3, -0.25) is 10.9 Å². The summed E-state index contributed by atoms with van der Waals surface area (Å²) in [5.74, 6) is 0. The zero-order valence-corrected chi connectivity index (χ0v) is 14.6. The van der Waals surface area contributed by atoms with Crippen LogP contribution < -0.4 is 16.2 Å². The number of hydrogen-bond donors (Lipinski definition) is 3. The van der Waals surface area contributed by atoms with Crippen LogP contribution in [0.1, 0.15) is 11.1 Å². The Balaban J connectivity index is 1.97. The first-order valence-electron chi connectivity index (χ1n) is 6.71. The quantitative estimate of drug-likeness (QED) is 0.488. The van der Waals surface area contributed by atoms with Gasteiger partial charge in [-0.2, -0.15) is 13.2 Å². The van der Waals surface area contributed by atoms with Gasteiger partial charge >= 0.3 is 6.18 Å². The summed E-state index contributed by atoms with van der Waals surface area (Å²) in [5, 5.41) is 2.51. The molecule has 0 bridgehead atoms. The van der Waals surface area contributed by atoms with E-state index in [1.165, 1.54) is 18.2 Å². The van der Waals surface area contributed by atoms with E-state index in [-0.39, 0.29) is 10.8 Å². The Hall–Kier alpha value is -2.06. The van der Waals surface area contributed by atoms with Gasteiger partial charge in [0.15, 0.2) is 5.11 Å². The minimum atomic E-state index is -4.46. The molecule has 126 valence electrons. The van der Waals surface area contributed by atoms with Crippen LogP contribution in [0.3, 0.4) is 0 Å². The predicted molar refractivity (Wildman–Crippen MR) is 97.1 cm³/mol. The van der Waals surface area contributed by atoms with Crippen molar-refractivity contribution in [2.45, 2.75) is 6.18 Å². The second-order valence-corrected chi connectivity index (χ2v) is 6.06. The number of benzene rings is 2. The third-order valence-corrected chi connectivity index (χ3v) is 3.73. The van der Waals surface area contributed by atoms with Crippen molar-refractivity contribution in [2.75, 3.05) is 5.32 Å². The van der Waals surface area contributed by atoms with Crippen LogP contribution in [0.4, 0.5) is 18.9 Å². The highest BCUT2D eigenvalue weighted by atomic mass is 79.9. The number of alkyl halides is 3. The molecule has 3 nitrogen and oxygen atoms in total. The average molecular weight is 416 g/mol. The van der Waals surface area contributed by atoms with Crippen molar-refractivity contribution < 1.29 is 13.2 Å². The smallest absolute Gasteiger partial charge is 0.331 e. The first kappa shape index (κ1) is 18.3. The van der Waals surface area contributed by atoms with Crippen LogP contribution in [0.25, 0.3) is 5.70 Å². The molecule has 0 fully saturated rings. The van der Waals surface area contributed by atoms with Crippen molar-refractivity contribution in [3.05, 3.63) is 70.7 Å². The molecular weight excluding hydrogens is 403 g/mol. The zero-order chi connectivity index (χ0) is 17.7. The molecule has 3 N–H and O–H groups in total. The molecule has 2 aromatic rings. The van der Waals surface area contributed by atoms with E-state index < -0.39 is 11.7 Å². The van der Waals surface area contributed by atoms with Gasteiger partial charge < -0.3 is 5.32 Å². The Kier molecular flexibility index (Phi) is 5.84. The maximum absolute atomic E-state index is 12.9. The molecule has 0 aliphatic heterocycles. The molecule has 0 aromatic heterocycles. The summed E-state index contributed by atoms with van der Waals surface area (Å²) in [6, 6.07) is 12.5. The van der Waals surface area contributed by atoms with E-state index in [2.05, 4.69) is 38.7 Å². The van der Waals surface area contributed by atoms with Crippen molar-refractivity contribution in [3.8, 4) is 0 Å². The molecule has 0 aliphatic rings. The molecule has 0 unspecified atom stereocenters. The number of nitrogens with one attached hydrogen (secondary N) is 3. The molecular formula is C16H13BrF3N3S. The number of hydrazine groups is 1. The lowest BCUT2D eigenvalue weighted by molar-refractivity contribution is -0.136. The lowest BCUT2D eigenvalue weighted by Crippen LogP contribution is -2.39. The van der Waals surface area contributed by atoms with Gasteiger partial charge in [-0.05, 0) is 42.0 Å². The van der Waals surface area contributed by atoms with Gasteiger partial charge in [-0.1, -0.05) is 46.8 Å². The fourth-order valence-electron chi connectivity index (χ4n) is 1.85. The van der Waals surface area contributed by atoms with E-state index in [4.69, 9.17) is 12.2 Å². The molecule has 0 heterocycles. The molecule has 0 aliphatic carbocycles. The van der Waals surface area contributed by atoms with E-state index in [0.29, 0.717) is 5.70 Å². The molecule has 0 amide bonds. The van der Waals surface area contributed by atoms with E-state index in [1.54, 1.807) is 0 Å². The van der Waals surface area contributed by atoms with Crippen LogP contribution in [-0.4, -0.2) is 5.11 Å². The van der Waals surface area contributed by atoms with Crippen molar-refractivity contribution in [1.82, 2.24) is 10.9 Å². The Bertz CT molecular complexity index is 745. The molecule has 0 saturated carbocycles. The topological polar surface area (TPSA) is 36.1 Å². The third-order valence-electron chi connectivity index (χ3n) is 3.00. The average Bonchev–Trinajstić information content (AvgIpc) is 2.53. The number of anilines is 1. The molecule has 0 atom stereocenters. The maximum Gasteiger partial charge on any atom is 0.418 e. The van der Waals surface area contributed by atoms with Gasteiger partial charge in [-0.15, -0.1) is 0 Å². The summed E-state index contributed by atoms with van der Waals surface area (Å²) in [4.78, 5) is 0. The second-order valence-electron chi connectivity index (χ2n) is 4.73. The SMILES string of the molecule is C=C(NNC(=S)Nc1ccccc1C(F)(F)F)c1ccc(Br)cc1. The standard InChI is InChI=1S/C16H13BrF3N3S/c1-10(11-6-8-12(17)9-7-11)22-23-15(24)21-14-5-3-2-4-13(14)16(18,19)20/h2-9,22H,1H2,(H2,21,23,24). The minimum absolute atomic E-state index is 0.00929. The first-order valence-corrected chi connectivity index (χ1v) is 7.91. The van der Waals surface area contributed by atoms with Crippen molar-refractivity contribution in [1.29, 1.82) is 0 Å². The predicted octanol–water partition coefficient (Wildman–Crippen LogP) is 4.93. The molecule has 8 heteroatoms. The van der Waals surface area contributed by atoms with E-state index in [1.807, 2.05) is 24.3 Å². The van der Waals surface area contributed by atoms with Crippen LogP contribution in [0, 0.1) is 0 Å². The van der Waals surface area contributed by atoms with Gasteiger partial charge in [0.25, 0.3) is 0 Å². The van der Waals surface area contributed by atoms with Crippen LogP contribution in [0.5, 0.6) is 0 Å². The Morgan fingerprint density at radius 2 is 1.62 bits per heavy atom. The lowest BCUT2D eigenvalue weighted by atomic mass is 10.2. The minimum Gasteiger partial charge on any atom is -0.331 e. The Morgan fingerprint density at radius 1 is 1.00 bits per heavy atom. The highest BCUT2D eigenvalue weighted by Crippen LogP contribution is 2.34. The summed E-state index contributed by atoms with van der Waals surface area (Å²) in [5.41, 5.74) is 5.78. The van der Waals surface area contributed by atoms with Crippen molar-refractivity contribution in [2.24, 2.45) is 0 Å². The molecule has 0 saturated heterocycles. The fourth-order valence-corrected chi connectivity index (χ4v) is 2.27. The zero-order valence-electron chi connectivity index (χ0n) is 12.2. The van der Waals surface area contributed by atoms with Gasteiger partial charge in [0, 0.05) is 4.47 Å². The monoisotopic (exact) mass is 415 g/mol. The van der Waals surface area contributed by atoms with Crippen molar-refractivity contribution in [3.63, 3.8) is 0 Å². The highest BCUT2D eigenvalue weighted by molar-refractivity contribution is 9.10. The summed E-state index contributed by atoms with van der Waals surface area (Å²) in [6.07, 6.45) is -4.46. The van der Waals surface area contributed by atoms with Gasteiger partial charge in [0.05, 0.1) is 16.9 Å².